The molecule has 194 valence electrons. The fraction of sp³-hybridized carbons (Fsp3) is 0.519. The number of ether oxygens (including phenoxy) is 2. The molecule has 1 N–H and O–H groups in total. The van der Waals surface area contributed by atoms with Crippen molar-refractivity contribution in [3.8, 4) is 0 Å². The van der Waals surface area contributed by atoms with Gasteiger partial charge in [-0.25, -0.2) is 14.8 Å². The number of piperidine rings is 1. The molecule has 0 radical (unpaired) electrons. The van der Waals surface area contributed by atoms with Crippen LogP contribution >= 0.6 is 0 Å². The molecule has 1 aliphatic rings. The van der Waals surface area contributed by atoms with Gasteiger partial charge in [0.1, 0.15) is 18.1 Å². The monoisotopic (exact) mass is 494 g/mol. The number of hydrogen-bond donors (Lipinski definition) is 1. The molecular formula is C27H38N6O3. The summed E-state index contributed by atoms with van der Waals surface area (Å²) in [5, 5.41) is 3.60. The number of carbonyl (C=O) groups excluding carboxylic acids is 1. The van der Waals surface area contributed by atoms with Crippen molar-refractivity contribution in [1.82, 2.24) is 19.4 Å². The molecule has 1 fully saturated rings. The molecule has 0 unspecified atom stereocenters. The van der Waals surface area contributed by atoms with E-state index in [1.54, 1.807) is 4.90 Å². The fourth-order valence-electron chi connectivity index (χ4n) is 4.22. The predicted molar refractivity (Wildman–Crippen MR) is 142 cm³/mol. The van der Waals surface area contributed by atoms with Crippen molar-refractivity contribution in [3.05, 3.63) is 48.2 Å². The van der Waals surface area contributed by atoms with Crippen LogP contribution in [0, 0.1) is 0 Å². The van der Waals surface area contributed by atoms with Crippen molar-refractivity contribution in [3.63, 3.8) is 0 Å². The van der Waals surface area contributed by atoms with Crippen LogP contribution in [0.2, 0.25) is 0 Å². The molecule has 0 atom stereocenters. The Morgan fingerprint density at radius 2 is 1.83 bits per heavy atom. The molecule has 9 heteroatoms. The van der Waals surface area contributed by atoms with Gasteiger partial charge in [-0.2, -0.15) is 0 Å². The smallest absolute Gasteiger partial charge is 0.410 e. The van der Waals surface area contributed by atoms with Crippen molar-refractivity contribution in [2.75, 3.05) is 44.0 Å². The van der Waals surface area contributed by atoms with Gasteiger partial charge in [-0.1, -0.05) is 18.2 Å². The number of anilines is 2. The Kier molecular flexibility index (Phi) is 7.98. The average molecular weight is 495 g/mol. The number of nitrogens with zero attached hydrogens (tertiary/aromatic N) is 5. The molecule has 1 aromatic carbocycles. The van der Waals surface area contributed by atoms with Gasteiger partial charge in [0.15, 0.2) is 0 Å². The first-order valence-electron chi connectivity index (χ1n) is 12.6. The van der Waals surface area contributed by atoms with E-state index in [0.717, 1.165) is 47.8 Å². The number of fused-ring (bicyclic) bond motifs is 1. The minimum absolute atomic E-state index is 0.220. The molecule has 3 heterocycles. The van der Waals surface area contributed by atoms with E-state index in [1.807, 2.05) is 76.2 Å². The van der Waals surface area contributed by atoms with E-state index in [0.29, 0.717) is 26.4 Å². The maximum Gasteiger partial charge on any atom is 0.410 e. The number of hydrogen-bond acceptors (Lipinski definition) is 7. The molecule has 4 rings (SSSR count). The van der Waals surface area contributed by atoms with Gasteiger partial charge in [-0.05, 0) is 57.9 Å². The van der Waals surface area contributed by atoms with E-state index in [2.05, 4.69) is 20.9 Å². The van der Waals surface area contributed by atoms with E-state index in [-0.39, 0.29) is 12.1 Å². The summed E-state index contributed by atoms with van der Waals surface area (Å²) in [6.45, 7) is 7.94. The summed E-state index contributed by atoms with van der Waals surface area (Å²) in [4.78, 5) is 25.7. The van der Waals surface area contributed by atoms with Gasteiger partial charge in [0, 0.05) is 45.3 Å². The zero-order valence-electron chi connectivity index (χ0n) is 22.0. The minimum atomic E-state index is -0.484. The Morgan fingerprint density at radius 1 is 1.08 bits per heavy atom. The highest BCUT2D eigenvalue weighted by Crippen LogP contribution is 2.23. The lowest BCUT2D eigenvalue weighted by molar-refractivity contribution is 0.0210. The van der Waals surface area contributed by atoms with Crippen LogP contribution < -0.4 is 10.2 Å². The number of rotatable bonds is 8. The average Bonchev–Trinajstić information content (AvgIpc) is 3.18. The molecule has 0 saturated carbocycles. The Hall–Kier alpha value is -3.33. The van der Waals surface area contributed by atoms with Crippen LogP contribution in [0.15, 0.2) is 42.5 Å². The topological polar surface area (TPSA) is 84.8 Å². The van der Waals surface area contributed by atoms with Gasteiger partial charge in [-0.15, -0.1) is 0 Å². The van der Waals surface area contributed by atoms with Crippen LogP contribution in [0.25, 0.3) is 11.0 Å². The number of pyridine rings is 1. The van der Waals surface area contributed by atoms with Crippen LogP contribution in [0.3, 0.4) is 0 Å². The number of amides is 1. The number of benzene rings is 1. The van der Waals surface area contributed by atoms with E-state index in [9.17, 15) is 4.79 Å². The maximum absolute atomic E-state index is 12.4. The quantitative estimate of drug-likeness (QED) is 0.461. The molecule has 3 aromatic rings. The van der Waals surface area contributed by atoms with Gasteiger partial charge in [0.05, 0.1) is 17.6 Å². The van der Waals surface area contributed by atoms with Crippen LogP contribution in [0.5, 0.6) is 0 Å². The van der Waals surface area contributed by atoms with Gasteiger partial charge in [-0.3, -0.25) is 4.57 Å². The number of imidazole rings is 1. The molecule has 36 heavy (non-hydrogen) atoms. The van der Waals surface area contributed by atoms with Crippen molar-refractivity contribution in [2.24, 2.45) is 0 Å². The molecule has 9 nitrogen and oxygen atoms in total. The Bertz CT molecular complexity index is 1160. The molecule has 0 bridgehead atoms. The fourth-order valence-corrected chi connectivity index (χ4v) is 4.22. The van der Waals surface area contributed by atoms with Crippen LogP contribution in [-0.2, 0) is 22.6 Å². The second-order valence-corrected chi connectivity index (χ2v) is 10.4. The van der Waals surface area contributed by atoms with Crippen LogP contribution in [0.4, 0.5) is 16.6 Å². The van der Waals surface area contributed by atoms with Crippen molar-refractivity contribution >= 4 is 28.9 Å². The highest BCUT2D eigenvalue weighted by atomic mass is 16.6. The van der Waals surface area contributed by atoms with Crippen molar-refractivity contribution < 1.29 is 14.3 Å². The first-order valence-corrected chi connectivity index (χ1v) is 12.6. The highest BCUT2D eigenvalue weighted by Gasteiger charge is 2.27. The lowest BCUT2D eigenvalue weighted by atomic mass is 10.1. The van der Waals surface area contributed by atoms with Gasteiger partial charge >= 0.3 is 6.09 Å². The Labute approximate surface area is 213 Å². The standard InChI is InChI=1S/C27H38N6O3/c1-27(2,3)36-26(34)32-16-13-21(14-17-32)29-25-30-22-10-6-7-11-23(22)33(25)19-35-18-15-20-9-8-12-24(28-20)31(4)5/h6-12,21H,13-19H2,1-5H3,(H,29,30). The summed E-state index contributed by atoms with van der Waals surface area (Å²) in [7, 11) is 3.98. The summed E-state index contributed by atoms with van der Waals surface area (Å²) in [5.74, 6) is 1.73. The first kappa shape index (κ1) is 25.8. The van der Waals surface area contributed by atoms with E-state index < -0.39 is 5.60 Å². The molecule has 2 aromatic heterocycles. The molecule has 1 saturated heterocycles. The van der Waals surface area contributed by atoms with E-state index in [4.69, 9.17) is 14.5 Å². The Balaban J connectivity index is 1.36. The third-order valence-corrected chi connectivity index (χ3v) is 6.11. The number of nitrogens with one attached hydrogen (secondary N) is 1. The minimum Gasteiger partial charge on any atom is -0.444 e. The zero-order chi connectivity index (χ0) is 25.7. The summed E-state index contributed by atoms with van der Waals surface area (Å²) in [6, 6.07) is 14.3. The lowest BCUT2D eigenvalue weighted by Crippen LogP contribution is -2.44. The van der Waals surface area contributed by atoms with Crippen molar-refractivity contribution in [1.29, 1.82) is 0 Å². The summed E-state index contributed by atoms with van der Waals surface area (Å²) >= 11 is 0. The molecule has 0 spiro atoms. The number of para-hydroxylation sites is 2. The van der Waals surface area contributed by atoms with Crippen LogP contribution in [-0.4, -0.2) is 71.0 Å². The lowest BCUT2D eigenvalue weighted by Gasteiger charge is -2.33. The molecular weight excluding hydrogens is 456 g/mol. The zero-order valence-corrected chi connectivity index (χ0v) is 22.0. The summed E-state index contributed by atoms with van der Waals surface area (Å²) < 4.78 is 13.7. The predicted octanol–water partition coefficient (Wildman–Crippen LogP) is 4.53. The number of aromatic nitrogens is 3. The van der Waals surface area contributed by atoms with E-state index in [1.165, 1.54) is 0 Å². The summed E-state index contributed by atoms with van der Waals surface area (Å²) in [6.07, 6.45) is 2.15. The van der Waals surface area contributed by atoms with Gasteiger partial charge in [0.25, 0.3) is 0 Å². The second kappa shape index (κ2) is 11.2. The molecule has 0 aliphatic carbocycles. The van der Waals surface area contributed by atoms with Crippen LogP contribution in [0.1, 0.15) is 39.3 Å². The van der Waals surface area contributed by atoms with Crippen molar-refractivity contribution in [2.45, 2.75) is 58.4 Å². The maximum atomic E-state index is 12.4. The third-order valence-electron chi connectivity index (χ3n) is 6.11. The van der Waals surface area contributed by atoms with E-state index >= 15 is 0 Å². The highest BCUT2D eigenvalue weighted by molar-refractivity contribution is 5.78. The first-order chi connectivity index (χ1) is 17.2. The largest absolute Gasteiger partial charge is 0.444 e. The van der Waals surface area contributed by atoms with Gasteiger partial charge in [0.2, 0.25) is 5.95 Å². The molecule has 1 amide bonds. The summed E-state index contributed by atoms with van der Waals surface area (Å²) in [5.41, 5.74) is 2.48. The number of carbonyl (C=O) groups is 1. The second-order valence-electron chi connectivity index (χ2n) is 10.4. The van der Waals surface area contributed by atoms with Gasteiger partial charge < -0.3 is 24.6 Å². The number of likely N-dealkylation sites (tertiary alicyclic amines) is 1. The molecule has 1 aliphatic heterocycles. The SMILES string of the molecule is CN(C)c1cccc(CCOCn2c(NC3CCN(C(=O)OC(C)(C)C)CC3)nc3ccccc32)n1. The normalized spacial score (nSPS) is 14.8. The Morgan fingerprint density at radius 3 is 2.56 bits per heavy atom. The third kappa shape index (κ3) is 6.66.